The van der Waals surface area contributed by atoms with E-state index in [0.717, 1.165) is 12.8 Å². The Morgan fingerprint density at radius 1 is 1.56 bits per heavy atom. The van der Waals surface area contributed by atoms with Gasteiger partial charge in [-0.25, -0.2) is 4.79 Å². The third-order valence-electron chi connectivity index (χ3n) is 2.59. The van der Waals surface area contributed by atoms with E-state index in [4.69, 9.17) is 4.42 Å². The number of hydrogen-bond donors (Lipinski definition) is 1. The third kappa shape index (κ3) is 2.85. The summed E-state index contributed by atoms with van der Waals surface area (Å²) in [6, 6.07) is 3.13. The molecule has 0 aliphatic carbocycles. The Morgan fingerprint density at radius 2 is 2.25 bits per heavy atom. The zero-order valence-corrected chi connectivity index (χ0v) is 9.90. The molecule has 0 aromatic carbocycles. The molecule has 4 heteroatoms. The van der Waals surface area contributed by atoms with Gasteiger partial charge in [-0.15, -0.1) is 0 Å². The number of ether oxygens (including phenoxy) is 1. The summed E-state index contributed by atoms with van der Waals surface area (Å²) in [4.78, 5) is 11.1. The van der Waals surface area contributed by atoms with Gasteiger partial charge < -0.3 is 14.3 Å². The number of aliphatic hydroxyl groups is 1. The Labute approximate surface area is 95.2 Å². The molecule has 0 bridgehead atoms. The van der Waals surface area contributed by atoms with Crippen molar-refractivity contribution in [3.63, 3.8) is 0 Å². The van der Waals surface area contributed by atoms with Crippen LogP contribution in [0.25, 0.3) is 0 Å². The Balaban J connectivity index is 2.73. The summed E-state index contributed by atoms with van der Waals surface area (Å²) in [5.41, 5.74) is 0. The SMILES string of the molecule is CCCC(C)C(O)c1ccc(C(=O)OC)o1. The van der Waals surface area contributed by atoms with Crippen LogP contribution in [0.4, 0.5) is 0 Å². The molecule has 1 rings (SSSR count). The van der Waals surface area contributed by atoms with E-state index in [1.165, 1.54) is 13.2 Å². The fraction of sp³-hybridized carbons (Fsp3) is 0.583. The van der Waals surface area contributed by atoms with Crippen molar-refractivity contribution in [2.24, 2.45) is 5.92 Å². The van der Waals surface area contributed by atoms with Gasteiger partial charge in [-0.1, -0.05) is 20.3 Å². The normalized spacial score (nSPS) is 14.5. The first-order chi connectivity index (χ1) is 7.60. The maximum absolute atomic E-state index is 11.1. The lowest BCUT2D eigenvalue weighted by atomic mass is 9.98. The van der Waals surface area contributed by atoms with Crippen molar-refractivity contribution in [2.45, 2.75) is 32.8 Å². The molecule has 1 aromatic heterocycles. The number of esters is 1. The molecule has 0 fully saturated rings. The maximum Gasteiger partial charge on any atom is 0.373 e. The van der Waals surface area contributed by atoms with Crippen LogP contribution >= 0.6 is 0 Å². The van der Waals surface area contributed by atoms with Gasteiger partial charge in [0.1, 0.15) is 11.9 Å². The highest BCUT2D eigenvalue weighted by Crippen LogP contribution is 2.26. The molecular weight excluding hydrogens is 208 g/mol. The highest BCUT2D eigenvalue weighted by molar-refractivity contribution is 5.86. The van der Waals surface area contributed by atoms with Crippen LogP contribution in [-0.2, 0) is 4.74 Å². The second-order valence-corrected chi connectivity index (χ2v) is 3.90. The quantitative estimate of drug-likeness (QED) is 0.784. The minimum Gasteiger partial charge on any atom is -0.463 e. The van der Waals surface area contributed by atoms with Crippen molar-refractivity contribution < 1.29 is 19.1 Å². The topological polar surface area (TPSA) is 59.7 Å². The first-order valence-corrected chi connectivity index (χ1v) is 5.46. The lowest BCUT2D eigenvalue weighted by Crippen LogP contribution is -2.08. The number of furan rings is 1. The van der Waals surface area contributed by atoms with Gasteiger partial charge in [-0.05, 0) is 24.5 Å². The second-order valence-electron chi connectivity index (χ2n) is 3.90. The van der Waals surface area contributed by atoms with Crippen molar-refractivity contribution >= 4 is 5.97 Å². The first kappa shape index (κ1) is 12.8. The number of methoxy groups -OCH3 is 1. The van der Waals surface area contributed by atoms with Gasteiger partial charge >= 0.3 is 5.97 Å². The summed E-state index contributed by atoms with van der Waals surface area (Å²) < 4.78 is 9.76. The molecule has 0 spiro atoms. The van der Waals surface area contributed by atoms with E-state index >= 15 is 0 Å². The average Bonchev–Trinajstić information content (AvgIpc) is 2.76. The average molecular weight is 226 g/mol. The highest BCUT2D eigenvalue weighted by atomic mass is 16.5. The fourth-order valence-corrected chi connectivity index (χ4v) is 1.62. The number of hydrogen-bond acceptors (Lipinski definition) is 4. The zero-order valence-electron chi connectivity index (χ0n) is 9.90. The summed E-state index contributed by atoms with van der Waals surface area (Å²) in [6.07, 6.45) is 1.25. The van der Waals surface area contributed by atoms with Crippen LogP contribution in [-0.4, -0.2) is 18.2 Å². The number of carbonyl (C=O) groups excluding carboxylic acids is 1. The largest absolute Gasteiger partial charge is 0.463 e. The molecule has 0 aliphatic heterocycles. The molecule has 0 saturated heterocycles. The van der Waals surface area contributed by atoms with E-state index in [-0.39, 0.29) is 11.7 Å². The fourth-order valence-electron chi connectivity index (χ4n) is 1.62. The van der Waals surface area contributed by atoms with E-state index in [9.17, 15) is 9.90 Å². The van der Waals surface area contributed by atoms with Crippen molar-refractivity contribution in [2.75, 3.05) is 7.11 Å². The van der Waals surface area contributed by atoms with Crippen LogP contribution in [0.3, 0.4) is 0 Å². The van der Waals surface area contributed by atoms with Crippen molar-refractivity contribution in [1.82, 2.24) is 0 Å². The predicted molar refractivity (Wildman–Crippen MR) is 59.1 cm³/mol. The van der Waals surface area contributed by atoms with Gasteiger partial charge in [0.05, 0.1) is 7.11 Å². The van der Waals surface area contributed by atoms with Crippen molar-refractivity contribution in [1.29, 1.82) is 0 Å². The summed E-state index contributed by atoms with van der Waals surface area (Å²) in [5.74, 6) is 0.129. The van der Waals surface area contributed by atoms with Gasteiger partial charge in [0.2, 0.25) is 5.76 Å². The minimum atomic E-state index is -0.668. The lowest BCUT2D eigenvalue weighted by molar-refractivity contribution is 0.0538. The molecule has 4 nitrogen and oxygen atoms in total. The van der Waals surface area contributed by atoms with Crippen LogP contribution in [0.2, 0.25) is 0 Å². The monoisotopic (exact) mass is 226 g/mol. The molecule has 90 valence electrons. The summed E-state index contributed by atoms with van der Waals surface area (Å²) in [7, 11) is 1.29. The minimum absolute atomic E-state index is 0.113. The Hall–Kier alpha value is -1.29. The summed E-state index contributed by atoms with van der Waals surface area (Å²) in [5, 5.41) is 9.94. The van der Waals surface area contributed by atoms with E-state index in [2.05, 4.69) is 11.7 Å². The number of rotatable bonds is 5. The van der Waals surface area contributed by atoms with E-state index < -0.39 is 12.1 Å². The van der Waals surface area contributed by atoms with Crippen molar-refractivity contribution in [3.05, 3.63) is 23.7 Å². The number of carbonyl (C=O) groups is 1. The predicted octanol–water partition coefficient (Wildman–Crippen LogP) is 2.54. The molecule has 1 aromatic rings. The molecule has 2 unspecified atom stereocenters. The lowest BCUT2D eigenvalue weighted by Gasteiger charge is -2.15. The molecule has 0 amide bonds. The van der Waals surface area contributed by atoms with Crippen molar-refractivity contribution in [3.8, 4) is 0 Å². The van der Waals surface area contributed by atoms with Gasteiger partial charge in [0.15, 0.2) is 0 Å². The Bertz CT molecular complexity index is 343. The Morgan fingerprint density at radius 3 is 2.81 bits per heavy atom. The Kier molecular flexibility index (Phi) is 4.55. The standard InChI is InChI=1S/C12H18O4/c1-4-5-8(2)11(13)9-6-7-10(16-9)12(14)15-3/h6-8,11,13H,4-5H2,1-3H3. The maximum atomic E-state index is 11.1. The highest BCUT2D eigenvalue weighted by Gasteiger charge is 2.21. The summed E-state index contributed by atoms with van der Waals surface area (Å²) in [6.45, 7) is 4.01. The van der Waals surface area contributed by atoms with E-state index in [0.29, 0.717) is 5.76 Å². The van der Waals surface area contributed by atoms with Gasteiger partial charge in [-0.2, -0.15) is 0 Å². The molecule has 0 aliphatic rings. The van der Waals surface area contributed by atoms with Crippen LogP contribution < -0.4 is 0 Å². The van der Waals surface area contributed by atoms with Gasteiger partial charge in [0.25, 0.3) is 0 Å². The molecular formula is C12H18O4. The summed E-state index contributed by atoms with van der Waals surface area (Å²) >= 11 is 0. The zero-order chi connectivity index (χ0) is 12.1. The second kappa shape index (κ2) is 5.70. The molecule has 1 N–H and O–H groups in total. The van der Waals surface area contributed by atoms with E-state index in [1.54, 1.807) is 6.07 Å². The third-order valence-corrected chi connectivity index (χ3v) is 2.59. The molecule has 0 saturated carbocycles. The van der Waals surface area contributed by atoms with Crippen LogP contribution in [0.5, 0.6) is 0 Å². The van der Waals surface area contributed by atoms with E-state index in [1.807, 2.05) is 6.92 Å². The van der Waals surface area contributed by atoms with Crippen LogP contribution in [0.15, 0.2) is 16.5 Å². The van der Waals surface area contributed by atoms with Gasteiger partial charge in [0, 0.05) is 0 Å². The van der Waals surface area contributed by atoms with Gasteiger partial charge in [-0.3, -0.25) is 0 Å². The van der Waals surface area contributed by atoms with Crippen LogP contribution in [0, 0.1) is 5.92 Å². The molecule has 0 radical (unpaired) electrons. The van der Waals surface area contributed by atoms with Crippen LogP contribution in [0.1, 0.15) is 49.1 Å². The smallest absolute Gasteiger partial charge is 0.373 e. The molecule has 2 atom stereocenters. The molecule has 16 heavy (non-hydrogen) atoms. The number of aliphatic hydroxyl groups excluding tert-OH is 1. The molecule has 1 heterocycles. The first-order valence-electron chi connectivity index (χ1n) is 5.46.